The van der Waals surface area contributed by atoms with Crippen molar-refractivity contribution in [3.63, 3.8) is 0 Å². The van der Waals surface area contributed by atoms with Gasteiger partial charge < -0.3 is 8.80 Å². The Morgan fingerprint density at radius 1 is 1.30 bits per heavy atom. The molecular formula is C24H34IN3O2. The molecule has 1 aromatic rings. The first-order valence-electron chi connectivity index (χ1n) is 11.1. The van der Waals surface area contributed by atoms with Gasteiger partial charge in [0.15, 0.2) is 11.5 Å². The van der Waals surface area contributed by atoms with Gasteiger partial charge in [0.05, 0.1) is 6.10 Å². The topological polar surface area (TPSA) is 67.9 Å². The summed E-state index contributed by atoms with van der Waals surface area (Å²) in [6.07, 6.45) is 5.88. The molecule has 2 aliphatic carbocycles. The smallest absolute Gasteiger partial charge is 0.262 e. The second-order valence-corrected chi connectivity index (χ2v) is 11.4. The summed E-state index contributed by atoms with van der Waals surface area (Å²) in [5, 5.41) is 0. The van der Waals surface area contributed by atoms with E-state index in [1.807, 2.05) is 36.9 Å². The highest BCUT2D eigenvalue weighted by Crippen LogP contribution is 2.62. The Kier molecular flexibility index (Phi) is 5.49. The van der Waals surface area contributed by atoms with Crippen LogP contribution < -0.4 is 5.73 Å². The summed E-state index contributed by atoms with van der Waals surface area (Å²) in [7, 11) is 0. The zero-order valence-corrected chi connectivity index (χ0v) is 21.0. The fourth-order valence-corrected chi connectivity index (χ4v) is 6.47. The number of hydrogen-bond donors (Lipinski definition) is 1. The van der Waals surface area contributed by atoms with Gasteiger partial charge in [-0.05, 0) is 74.5 Å². The molecule has 5 nitrogen and oxygen atoms in total. The van der Waals surface area contributed by atoms with Crippen LogP contribution in [0.4, 0.5) is 0 Å². The molecule has 0 aromatic heterocycles. The number of benzene rings is 1. The van der Waals surface area contributed by atoms with Crippen LogP contribution in [-0.2, 0) is 26.2 Å². The predicted octanol–water partition coefficient (Wildman–Crippen LogP) is 4.89. The standard InChI is InChI=1S/C24H34IN3O2/c1-15(2)28-20(29)24(27-21(28)26)19-12-16(13-22(3,4)5)6-7-17(19)14-23(24)10-8-18(30-25)9-11-23/h6-7,12,15,18H,8-11,13-14H2,1-5H3,(H2,26,27). The lowest BCUT2D eigenvalue weighted by molar-refractivity contribution is -0.138. The summed E-state index contributed by atoms with van der Waals surface area (Å²) in [6, 6.07) is 6.73. The highest BCUT2D eigenvalue weighted by molar-refractivity contribution is 14.1. The fourth-order valence-electron chi connectivity index (χ4n) is 5.96. The number of amides is 1. The van der Waals surface area contributed by atoms with Crippen molar-refractivity contribution in [2.75, 3.05) is 0 Å². The summed E-state index contributed by atoms with van der Waals surface area (Å²) in [4.78, 5) is 20.8. The first-order valence-corrected chi connectivity index (χ1v) is 12.0. The lowest BCUT2D eigenvalue weighted by Crippen LogP contribution is -2.53. The molecule has 0 radical (unpaired) electrons. The average molecular weight is 523 g/mol. The van der Waals surface area contributed by atoms with Crippen molar-refractivity contribution >= 4 is 34.9 Å². The van der Waals surface area contributed by atoms with Gasteiger partial charge in [-0.2, -0.15) is 0 Å². The number of carbonyl (C=O) groups is 1. The Hall–Kier alpha value is -1.15. The summed E-state index contributed by atoms with van der Waals surface area (Å²) in [6.45, 7) is 10.8. The van der Waals surface area contributed by atoms with E-state index < -0.39 is 5.54 Å². The normalized spacial score (nSPS) is 31.2. The van der Waals surface area contributed by atoms with Crippen LogP contribution in [0.3, 0.4) is 0 Å². The number of halogens is 1. The Balaban J connectivity index is 1.86. The van der Waals surface area contributed by atoms with E-state index in [-0.39, 0.29) is 28.9 Å². The highest BCUT2D eigenvalue weighted by Gasteiger charge is 2.66. The van der Waals surface area contributed by atoms with E-state index >= 15 is 0 Å². The minimum Gasteiger partial charge on any atom is -0.369 e. The molecule has 1 aromatic carbocycles. The molecule has 6 heteroatoms. The van der Waals surface area contributed by atoms with Crippen molar-refractivity contribution in [1.82, 2.24) is 4.90 Å². The summed E-state index contributed by atoms with van der Waals surface area (Å²) >= 11 is 2.01. The lowest BCUT2D eigenvalue weighted by atomic mass is 9.61. The van der Waals surface area contributed by atoms with Gasteiger partial charge in [0, 0.05) is 11.5 Å². The van der Waals surface area contributed by atoms with Crippen molar-refractivity contribution < 1.29 is 7.86 Å². The van der Waals surface area contributed by atoms with Crippen LogP contribution in [0.5, 0.6) is 0 Å². The molecule has 1 fully saturated rings. The van der Waals surface area contributed by atoms with E-state index in [1.165, 1.54) is 11.1 Å². The summed E-state index contributed by atoms with van der Waals surface area (Å²) < 4.78 is 5.62. The van der Waals surface area contributed by atoms with Gasteiger partial charge >= 0.3 is 0 Å². The highest BCUT2D eigenvalue weighted by atomic mass is 127. The molecule has 1 aliphatic heterocycles. The maximum absolute atomic E-state index is 14.1. The molecule has 2 spiro atoms. The molecule has 2 N–H and O–H groups in total. The van der Waals surface area contributed by atoms with Gasteiger partial charge in [0.1, 0.15) is 23.0 Å². The monoisotopic (exact) mass is 523 g/mol. The van der Waals surface area contributed by atoms with Gasteiger partial charge in [0.2, 0.25) is 0 Å². The Bertz CT molecular complexity index is 881. The molecule has 4 rings (SSSR count). The second-order valence-electron chi connectivity index (χ2n) is 10.9. The van der Waals surface area contributed by atoms with Gasteiger partial charge in [-0.25, -0.2) is 4.99 Å². The molecule has 1 unspecified atom stereocenters. The molecule has 164 valence electrons. The van der Waals surface area contributed by atoms with E-state index in [2.05, 4.69) is 39.0 Å². The van der Waals surface area contributed by atoms with E-state index in [0.29, 0.717) is 5.96 Å². The number of hydrogen-bond acceptors (Lipinski definition) is 4. The number of rotatable bonds is 3. The fraction of sp³-hybridized carbons (Fsp3) is 0.667. The minimum absolute atomic E-state index is 0.00602. The van der Waals surface area contributed by atoms with Gasteiger partial charge in [-0.15, -0.1) is 0 Å². The third kappa shape index (κ3) is 3.29. The molecule has 0 saturated heterocycles. The second kappa shape index (κ2) is 7.47. The molecule has 1 atom stereocenters. The number of carbonyl (C=O) groups excluding carboxylic acids is 1. The molecule has 1 saturated carbocycles. The van der Waals surface area contributed by atoms with Gasteiger partial charge in [0.25, 0.3) is 5.91 Å². The van der Waals surface area contributed by atoms with Crippen LogP contribution in [0.1, 0.15) is 77.0 Å². The largest absolute Gasteiger partial charge is 0.369 e. The van der Waals surface area contributed by atoms with E-state index in [4.69, 9.17) is 13.8 Å². The Morgan fingerprint density at radius 3 is 2.50 bits per heavy atom. The first-order chi connectivity index (χ1) is 14.0. The van der Waals surface area contributed by atoms with Crippen LogP contribution in [-0.4, -0.2) is 28.9 Å². The maximum atomic E-state index is 14.1. The lowest BCUT2D eigenvalue weighted by Gasteiger charge is -2.45. The summed E-state index contributed by atoms with van der Waals surface area (Å²) in [5.41, 5.74) is 9.09. The SMILES string of the molecule is CC(C)N1C(=O)C2(N=C1N)c1cc(CC(C)(C)C)ccc1CC21CCC(OI)CC1. The van der Waals surface area contributed by atoms with Crippen molar-refractivity contribution in [3.8, 4) is 0 Å². The van der Waals surface area contributed by atoms with Crippen LogP contribution >= 0.6 is 23.0 Å². The molecular weight excluding hydrogens is 489 g/mol. The number of aliphatic imine (C=N–C) groups is 1. The maximum Gasteiger partial charge on any atom is 0.262 e. The van der Waals surface area contributed by atoms with E-state index in [9.17, 15) is 4.79 Å². The average Bonchev–Trinajstić information content (AvgIpc) is 3.07. The molecule has 0 bridgehead atoms. The predicted molar refractivity (Wildman–Crippen MR) is 128 cm³/mol. The van der Waals surface area contributed by atoms with Crippen molar-refractivity contribution in [2.45, 2.75) is 90.8 Å². The van der Waals surface area contributed by atoms with Crippen LogP contribution in [0.2, 0.25) is 0 Å². The molecule has 1 heterocycles. The van der Waals surface area contributed by atoms with Crippen LogP contribution in [0, 0.1) is 10.8 Å². The van der Waals surface area contributed by atoms with Gasteiger partial charge in [-0.3, -0.25) is 9.69 Å². The number of guanidine groups is 1. The summed E-state index contributed by atoms with van der Waals surface area (Å²) in [5.74, 6) is 0.436. The Labute approximate surface area is 194 Å². The van der Waals surface area contributed by atoms with Crippen molar-refractivity contribution in [2.24, 2.45) is 21.6 Å². The molecule has 30 heavy (non-hydrogen) atoms. The van der Waals surface area contributed by atoms with E-state index in [1.54, 1.807) is 4.90 Å². The molecule has 1 amide bonds. The number of nitrogens with two attached hydrogens (primary N) is 1. The van der Waals surface area contributed by atoms with Crippen LogP contribution in [0.15, 0.2) is 23.2 Å². The third-order valence-corrected chi connectivity index (χ3v) is 7.90. The first kappa shape index (κ1) is 22.1. The Morgan fingerprint density at radius 2 is 1.97 bits per heavy atom. The van der Waals surface area contributed by atoms with Gasteiger partial charge in [-0.1, -0.05) is 39.0 Å². The quantitative estimate of drug-likeness (QED) is 0.574. The van der Waals surface area contributed by atoms with Crippen molar-refractivity contribution in [3.05, 3.63) is 34.9 Å². The number of fused-ring (bicyclic) bond motifs is 3. The number of nitrogens with zero attached hydrogens (tertiary/aromatic N) is 2. The minimum atomic E-state index is -0.888. The zero-order valence-electron chi connectivity index (χ0n) is 18.8. The third-order valence-electron chi connectivity index (χ3n) is 7.18. The zero-order chi connectivity index (χ0) is 21.9. The van der Waals surface area contributed by atoms with Crippen LogP contribution in [0.25, 0.3) is 0 Å². The van der Waals surface area contributed by atoms with Crippen molar-refractivity contribution in [1.29, 1.82) is 0 Å². The van der Waals surface area contributed by atoms with E-state index in [0.717, 1.165) is 44.1 Å². The molecule has 3 aliphatic rings.